The van der Waals surface area contributed by atoms with Crippen LogP contribution in [-0.2, 0) is 4.79 Å². The minimum atomic E-state index is 0.00926. The van der Waals surface area contributed by atoms with E-state index in [4.69, 9.17) is 0 Å². The van der Waals surface area contributed by atoms with E-state index in [1.165, 1.54) is 11.3 Å². The molecule has 0 bridgehead atoms. The second kappa shape index (κ2) is 6.09. The average molecular weight is 304 g/mol. The number of benzene rings is 1. The van der Waals surface area contributed by atoms with Gasteiger partial charge in [-0.1, -0.05) is 23.5 Å². The highest BCUT2D eigenvalue weighted by atomic mass is 32.1. The van der Waals surface area contributed by atoms with Crippen LogP contribution in [-0.4, -0.2) is 47.5 Å². The maximum atomic E-state index is 12.2. The maximum Gasteiger partial charge on any atom is 0.240 e. The van der Waals surface area contributed by atoms with Gasteiger partial charge in [-0.15, -0.1) is 0 Å². The van der Waals surface area contributed by atoms with Gasteiger partial charge >= 0.3 is 0 Å². The lowest BCUT2D eigenvalue weighted by Crippen LogP contribution is -2.55. The lowest BCUT2D eigenvalue weighted by molar-refractivity contribution is -0.118. The first-order valence-electron chi connectivity index (χ1n) is 7.24. The first-order valence-corrected chi connectivity index (χ1v) is 8.06. The van der Waals surface area contributed by atoms with E-state index in [9.17, 15) is 4.79 Å². The molecule has 1 fully saturated rings. The van der Waals surface area contributed by atoms with E-state index >= 15 is 0 Å². The number of nitrogens with zero attached hydrogens (tertiary/aromatic N) is 2. The summed E-state index contributed by atoms with van der Waals surface area (Å²) in [6.07, 6.45) is 0. The molecule has 0 radical (unpaired) electrons. The van der Waals surface area contributed by atoms with Crippen molar-refractivity contribution >= 4 is 32.6 Å². The monoisotopic (exact) mass is 304 g/mol. The molecule has 2 heterocycles. The summed E-state index contributed by atoms with van der Waals surface area (Å²) in [4.78, 5) is 18.9. The first kappa shape index (κ1) is 14.4. The number of piperazine rings is 1. The summed E-state index contributed by atoms with van der Waals surface area (Å²) in [5.41, 5.74) is 0.932. The molecule has 5 nitrogen and oxygen atoms in total. The zero-order chi connectivity index (χ0) is 14.8. The van der Waals surface area contributed by atoms with E-state index in [-0.39, 0.29) is 5.91 Å². The number of fused-ring (bicyclic) bond motifs is 1. The highest BCUT2D eigenvalue weighted by molar-refractivity contribution is 7.22. The van der Waals surface area contributed by atoms with Crippen molar-refractivity contribution in [2.75, 3.05) is 25.0 Å². The van der Waals surface area contributed by atoms with Gasteiger partial charge in [0.1, 0.15) is 0 Å². The summed E-state index contributed by atoms with van der Waals surface area (Å²) in [6, 6.07) is 8.72. The molecule has 6 heteroatoms. The van der Waals surface area contributed by atoms with Crippen molar-refractivity contribution < 1.29 is 4.79 Å². The van der Waals surface area contributed by atoms with Crippen molar-refractivity contribution in [1.29, 1.82) is 0 Å². The van der Waals surface area contributed by atoms with Crippen molar-refractivity contribution in [3.63, 3.8) is 0 Å². The number of thiazole rings is 1. The normalized spacial score (nSPS) is 23.3. The van der Waals surface area contributed by atoms with Gasteiger partial charge in [0, 0.05) is 25.2 Å². The van der Waals surface area contributed by atoms with Crippen molar-refractivity contribution in [3.8, 4) is 0 Å². The molecule has 1 saturated heterocycles. The van der Waals surface area contributed by atoms with Crippen molar-refractivity contribution in [1.82, 2.24) is 15.2 Å². The molecule has 2 atom stereocenters. The van der Waals surface area contributed by atoms with Crippen LogP contribution in [0.4, 0.5) is 5.13 Å². The van der Waals surface area contributed by atoms with Crippen molar-refractivity contribution in [2.45, 2.75) is 25.9 Å². The minimum Gasteiger partial charge on any atom is -0.311 e. The minimum absolute atomic E-state index is 0.00926. The molecule has 0 saturated carbocycles. The highest BCUT2D eigenvalue weighted by Gasteiger charge is 2.24. The number of aromatic nitrogens is 1. The average Bonchev–Trinajstić information content (AvgIpc) is 2.84. The summed E-state index contributed by atoms with van der Waals surface area (Å²) in [7, 11) is 0. The van der Waals surface area contributed by atoms with E-state index in [0.29, 0.717) is 23.8 Å². The number of hydrogen-bond acceptors (Lipinski definition) is 5. The Morgan fingerprint density at radius 2 is 2.29 bits per heavy atom. The molecule has 112 valence electrons. The van der Waals surface area contributed by atoms with E-state index in [1.807, 2.05) is 24.3 Å². The van der Waals surface area contributed by atoms with E-state index in [0.717, 1.165) is 23.3 Å². The largest absolute Gasteiger partial charge is 0.311 e. The van der Waals surface area contributed by atoms with Gasteiger partial charge in [-0.25, -0.2) is 4.98 Å². The fourth-order valence-electron chi connectivity index (χ4n) is 2.59. The van der Waals surface area contributed by atoms with Gasteiger partial charge in [-0.3, -0.25) is 9.69 Å². The van der Waals surface area contributed by atoms with Crippen LogP contribution in [0.25, 0.3) is 10.2 Å². The van der Waals surface area contributed by atoms with E-state index in [1.54, 1.807) is 0 Å². The summed E-state index contributed by atoms with van der Waals surface area (Å²) < 4.78 is 1.09. The summed E-state index contributed by atoms with van der Waals surface area (Å²) in [6.45, 7) is 6.53. The number of amides is 1. The molecule has 0 spiro atoms. The Morgan fingerprint density at radius 3 is 3.10 bits per heavy atom. The second-order valence-corrected chi connectivity index (χ2v) is 6.65. The Balaban J connectivity index is 1.63. The van der Waals surface area contributed by atoms with Crippen LogP contribution in [0.3, 0.4) is 0 Å². The number of carbonyl (C=O) groups is 1. The van der Waals surface area contributed by atoms with Gasteiger partial charge in [0.05, 0.1) is 16.8 Å². The summed E-state index contributed by atoms with van der Waals surface area (Å²) in [5, 5.41) is 7.02. The molecule has 1 aliphatic rings. The smallest absolute Gasteiger partial charge is 0.240 e. The molecule has 3 rings (SSSR count). The third-order valence-electron chi connectivity index (χ3n) is 3.78. The molecule has 2 unspecified atom stereocenters. The number of para-hydroxylation sites is 1. The number of anilines is 1. The molecular weight excluding hydrogens is 284 g/mol. The Kier molecular flexibility index (Phi) is 4.19. The van der Waals surface area contributed by atoms with Crippen LogP contribution >= 0.6 is 11.3 Å². The quantitative estimate of drug-likeness (QED) is 0.909. The van der Waals surface area contributed by atoms with Gasteiger partial charge in [-0.2, -0.15) is 0 Å². The molecule has 1 aromatic heterocycles. The molecular formula is C15H20N4OS. The fourth-order valence-corrected chi connectivity index (χ4v) is 3.47. The molecule has 1 amide bonds. The third kappa shape index (κ3) is 3.40. The Bertz CT molecular complexity index is 608. The van der Waals surface area contributed by atoms with Crippen LogP contribution in [0.15, 0.2) is 24.3 Å². The third-order valence-corrected chi connectivity index (χ3v) is 4.73. The fraction of sp³-hybridized carbons (Fsp3) is 0.467. The van der Waals surface area contributed by atoms with Crippen LogP contribution in [0.5, 0.6) is 0 Å². The van der Waals surface area contributed by atoms with E-state index < -0.39 is 0 Å². The van der Waals surface area contributed by atoms with Crippen molar-refractivity contribution in [2.24, 2.45) is 0 Å². The van der Waals surface area contributed by atoms with Gasteiger partial charge in [-0.05, 0) is 26.0 Å². The van der Waals surface area contributed by atoms with Crippen LogP contribution in [0, 0.1) is 0 Å². The number of carbonyl (C=O) groups excluding carboxylic acids is 1. The van der Waals surface area contributed by atoms with Gasteiger partial charge in [0.2, 0.25) is 5.91 Å². The topological polar surface area (TPSA) is 57.3 Å². The summed E-state index contributed by atoms with van der Waals surface area (Å²) >= 11 is 1.52. The highest BCUT2D eigenvalue weighted by Crippen LogP contribution is 2.25. The Hall–Kier alpha value is -1.50. The van der Waals surface area contributed by atoms with Crippen LogP contribution in [0.1, 0.15) is 13.8 Å². The second-order valence-electron chi connectivity index (χ2n) is 5.62. The number of rotatable bonds is 3. The predicted octanol–water partition coefficient (Wildman–Crippen LogP) is 1.92. The van der Waals surface area contributed by atoms with E-state index in [2.05, 4.69) is 34.4 Å². The molecule has 1 aliphatic heterocycles. The lowest BCUT2D eigenvalue weighted by Gasteiger charge is -2.36. The van der Waals surface area contributed by atoms with Gasteiger partial charge in [0.15, 0.2) is 5.13 Å². The zero-order valence-corrected chi connectivity index (χ0v) is 13.1. The molecule has 2 aromatic rings. The number of hydrogen-bond donors (Lipinski definition) is 2. The van der Waals surface area contributed by atoms with Gasteiger partial charge in [0.25, 0.3) is 0 Å². The molecule has 21 heavy (non-hydrogen) atoms. The molecule has 2 N–H and O–H groups in total. The Labute approximate surface area is 128 Å². The molecule has 1 aromatic carbocycles. The van der Waals surface area contributed by atoms with Crippen LogP contribution in [0.2, 0.25) is 0 Å². The zero-order valence-electron chi connectivity index (χ0n) is 12.3. The van der Waals surface area contributed by atoms with Gasteiger partial charge < -0.3 is 10.6 Å². The van der Waals surface area contributed by atoms with Crippen LogP contribution < -0.4 is 10.6 Å². The predicted molar refractivity (Wildman–Crippen MR) is 86.7 cm³/mol. The SMILES string of the molecule is CC1CN(CC(=O)Nc2nc3ccccc3s2)C(C)CN1. The van der Waals surface area contributed by atoms with Crippen molar-refractivity contribution in [3.05, 3.63) is 24.3 Å². The first-order chi connectivity index (χ1) is 10.1. The summed E-state index contributed by atoms with van der Waals surface area (Å²) in [5.74, 6) is 0.00926. The lowest BCUT2D eigenvalue weighted by atomic mass is 10.1. The maximum absolute atomic E-state index is 12.2. The standard InChI is InChI=1S/C15H20N4OS/c1-10-8-19(11(2)7-16-10)9-14(20)18-15-17-12-5-3-4-6-13(12)21-15/h3-6,10-11,16H,7-9H2,1-2H3,(H,17,18,20). The number of nitrogens with one attached hydrogen (secondary N) is 2. The molecule has 0 aliphatic carbocycles. The Morgan fingerprint density at radius 1 is 1.48 bits per heavy atom.